The molecule has 2 rings (SSSR count). The molecule has 1 aliphatic carbocycles. The van der Waals surface area contributed by atoms with Crippen LogP contribution in [0.15, 0.2) is 24.3 Å². The summed E-state index contributed by atoms with van der Waals surface area (Å²) in [5.74, 6) is 1.75. The summed E-state index contributed by atoms with van der Waals surface area (Å²) < 4.78 is 11.6. The van der Waals surface area contributed by atoms with Gasteiger partial charge in [-0.05, 0) is 56.3 Å². The van der Waals surface area contributed by atoms with Gasteiger partial charge in [0.1, 0.15) is 5.75 Å². The lowest BCUT2D eigenvalue weighted by Crippen LogP contribution is -2.27. The Balaban J connectivity index is 1.98. The highest BCUT2D eigenvalue weighted by atomic mass is 16.5. The minimum atomic E-state index is 0.129. The zero-order valence-corrected chi connectivity index (χ0v) is 12.9. The van der Waals surface area contributed by atoms with E-state index in [9.17, 15) is 0 Å². The Labute approximate surface area is 122 Å². The maximum atomic E-state index is 6.34. The first-order valence-corrected chi connectivity index (χ1v) is 7.67. The zero-order chi connectivity index (χ0) is 14.4. The fraction of sp³-hybridized carbons (Fsp3) is 0.647. The van der Waals surface area contributed by atoms with E-state index in [-0.39, 0.29) is 6.10 Å². The van der Waals surface area contributed by atoms with Gasteiger partial charge in [0.2, 0.25) is 0 Å². The third kappa shape index (κ3) is 4.22. The van der Waals surface area contributed by atoms with Gasteiger partial charge in [-0.25, -0.2) is 0 Å². The summed E-state index contributed by atoms with van der Waals surface area (Å²) in [4.78, 5) is 0. The van der Waals surface area contributed by atoms with Crippen molar-refractivity contribution in [2.45, 2.75) is 44.8 Å². The molecule has 20 heavy (non-hydrogen) atoms. The quantitative estimate of drug-likeness (QED) is 0.862. The van der Waals surface area contributed by atoms with Gasteiger partial charge in [-0.3, -0.25) is 0 Å². The highest BCUT2D eigenvalue weighted by Crippen LogP contribution is 2.30. The Morgan fingerprint density at radius 2 is 1.80 bits per heavy atom. The SMILES string of the molecule is CNCC(OC1CCC(C)CC1)c1ccc(OC)cc1. The molecule has 1 N–H and O–H groups in total. The summed E-state index contributed by atoms with van der Waals surface area (Å²) in [5.41, 5.74) is 1.22. The van der Waals surface area contributed by atoms with E-state index in [2.05, 4.69) is 24.4 Å². The van der Waals surface area contributed by atoms with Crippen LogP contribution in [0, 0.1) is 5.92 Å². The molecule has 1 aliphatic rings. The molecular weight excluding hydrogens is 250 g/mol. The standard InChI is InChI=1S/C17H27NO2/c1-13-4-8-16(9-5-13)20-17(12-18-2)14-6-10-15(19-3)11-7-14/h6-7,10-11,13,16-18H,4-5,8-9,12H2,1-3H3. The van der Waals surface area contributed by atoms with E-state index < -0.39 is 0 Å². The van der Waals surface area contributed by atoms with Crippen LogP contribution < -0.4 is 10.1 Å². The molecule has 3 nitrogen and oxygen atoms in total. The Hall–Kier alpha value is -1.06. The highest BCUT2D eigenvalue weighted by molar-refractivity contribution is 5.28. The first-order valence-electron chi connectivity index (χ1n) is 7.67. The van der Waals surface area contributed by atoms with E-state index in [1.807, 2.05) is 19.2 Å². The molecule has 0 bridgehead atoms. The molecule has 1 atom stereocenters. The summed E-state index contributed by atoms with van der Waals surface area (Å²) in [6.45, 7) is 3.18. The summed E-state index contributed by atoms with van der Waals surface area (Å²) in [6, 6.07) is 8.22. The van der Waals surface area contributed by atoms with Crippen LogP contribution in [0.2, 0.25) is 0 Å². The van der Waals surface area contributed by atoms with Crippen LogP contribution in [0.5, 0.6) is 5.75 Å². The molecule has 112 valence electrons. The average Bonchev–Trinajstić information content (AvgIpc) is 2.49. The van der Waals surface area contributed by atoms with Crippen LogP contribution in [-0.2, 0) is 4.74 Å². The van der Waals surface area contributed by atoms with Crippen molar-refractivity contribution in [2.24, 2.45) is 5.92 Å². The second kappa shape index (κ2) is 7.65. The summed E-state index contributed by atoms with van der Waals surface area (Å²) in [7, 11) is 3.67. The number of hydrogen-bond acceptors (Lipinski definition) is 3. The fourth-order valence-corrected chi connectivity index (χ4v) is 2.85. The van der Waals surface area contributed by atoms with E-state index in [4.69, 9.17) is 9.47 Å². The smallest absolute Gasteiger partial charge is 0.118 e. The number of ether oxygens (including phenoxy) is 2. The van der Waals surface area contributed by atoms with Crippen molar-refractivity contribution in [3.63, 3.8) is 0 Å². The lowest BCUT2D eigenvalue weighted by atomic mass is 9.89. The van der Waals surface area contributed by atoms with Crippen LogP contribution in [0.3, 0.4) is 0 Å². The normalized spacial score (nSPS) is 24.4. The number of likely N-dealkylation sites (N-methyl/N-ethyl adjacent to an activating group) is 1. The molecule has 1 aromatic rings. The topological polar surface area (TPSA) is 30.5 Å². The zero-order valence-electron chi connectivity index (χ0n) is 12.9. The second-order valence-corrected chi connectivity index (χ2v) is 5.84. The van der Waals surface area contributed by atoms with Crippen LogP contribution in [0.4, 0.5) is 0 Å². The van der Waals surface area contributed by atoms with E-state index in [1.54, 1.807) is 7.11 Å². The number of benzene rings is 1. The molecular formula is C17H27NO2. The monoisotopic (exact) mass is 277 g/mol. The van der Waals surface area contributed by atoms with Crippen LogP contribution in [-0.4, -0.2) is 26.8 Å². The molecule has 0 aromatic heterocycles. The lowest BCUT2D eigenvalue weighted by Gasteiger charge is -2.30. The lowest BCUT2D eigenvalue weighted by molar-refractivity contribution is -0.0355. The molecule has 1 unspecified atom stereocenters. The van der Waals surface area contributed by atoms with Crippen LogP contribution in [0.25, 0.3) is 0 Å². The second-order valence-electron chi connectivity index (χ2n) is 5.84. The predicted octanol–water partition coefficient (Wildman–Crippen LogP) is 3.55. The van der Waals surface area contributed by atoms with Gasteiger partial charge in [0.25, 0.3) is 0 Å². The van der Waals surface area contributed by atoms with Crippen molar-refractivity contribution >= 4 is 0 Å². The summed E-state index contributed by atoms with van der Waals surface area (Å²) in [6.07, 6.45) is 5.50. The van der Waals surface area contributed by atoms with Gasteiger partial charge in [-0.2, -0.15) is 0 Å². The molecule has 0 heterocycles. The number of rotatable bonds is 6. The van der Waals surface area contributed by atoms with Crippen molar-refractivity contribution in [3.05, 3.63) is 29.8 Å². The van der Waals surface area contributed by atoms with Crippen molar-refractivity contribution in [3.8, 4) is 5.75 Å². The minimum Gasteiger partial charge on any atom is -0.497 e. The van der Waals surface area contributed by atoms with Gasteiger partial charge in [0.15, 0.2) is 0 Å². The van der Waals surface area contributed by atoms with E-state index >= 15 is 0 Å². The molecule has 0 saturated heterocycles. The molecule has 0 aliphatic heterocycles. The van der Waals surface area contributed by atoms with Gasteiger partial charge < -0.3 is 14.8 Å². The maximum absolute atomic E-state index is 6.34. The molecule has 1 aromatic carbocycles. The van der Waals surface area contributed by atoms with Crippen LogP contribution in [0.1, 0.15) is 44.3 Å². The first kappa shape index (κ1) is 15.3. The highest BCUT2D eigenvalue weighted by Gasteiger charge is 2.22. The Morgan fingerprint density at radius 3 is 2.35 bits per heavy atom. The van der Waals surface area contributed by atoms with Gasteiger partial charge in [0.05, 0.1) is 19.3 Å². The third-order valence-corrected chi connectivity index (χ3v) is 4.20. The van der Waals surface area contributed by atoms with Crippen molar-refractivity contribution in [2.75, 3.05) is 20.7 Å². The molecule has 3 heteroatoms. The first-order chi connectivity index (χ1) is 9.72. The number of hydrogen-bond donors (Lipinski definition) is 1. The van der Waals surface area contributed by atoms with E-state index in [1.165, 1.54) is 31.2 Å². The van der Waals surface area contributed by atoms with Gasteiger partial charge in [-0.1, -0.05) is 19.1 Å². The third-order valence-electron chi connectivity index (χ3n) is 4.20. The number of nitrogens with one attached hydrogen (secondary N) is 1. The Morgan fingerprint density at radius 1 is 1.15 bits per heavy atom. The number of methoxy groups -OCH3 is 1. The largest absolute Gasteiger partial charge is 0.497 e. The van der Waals surface area contributed by atoms with Gasteiger partial charge >= 0.3 is 0 Å². The average molecular weight is 277 g/mol. The molecule has 0 radical (unpaired) electrons. The van der Waals surface area contributed by atoms with Crippen molar-refractivity contribution in [1.29, 1.82) is 0 Å². The molecule has 0 spiro atoms. The van der Waals surface area contributed by atoms with Gasteiger partial charge in [0, 0.05) is 6.54 Å². The summed E-state index contributed by atoms with van der Waals surface area (Å²) in [5, 5.41) is 3.24. The van der Waals surface area contributed by atoms with E-state index in [0.717, 1.165) is 18.2 Å². The predicted molar refractivity (Wildman–Crippen MR) is 82.2 cm³/mol. The maximum Gasteiger partial charge on any atom is 0.118 e. The van der Waals surface area contributed by atoms with Crippen molar-refractivity contribution < 1.29 is 9.47 Å². The summed E-state index contributed by atoms with van der Waals surface area (Å²) >= 11 is 0. The van der Waals surface area contributed by atoms with Gasteiger partial charge in [-0.15, -0.1) is 0 Å². The van der Waals surface area contributed by atoms with Crippen LogP contribution >= 0.6 is 0 Å². The van der Waals surface area contributed by atoms with E-state index in [0.29, 0.717) is 6.10 Å². The Bertz CT molecular complexity index is 382. The Kier molecular flexibility index (Phi) is 5.86. The fourth-order valence-electron chi connectivity index (χ4n) is 2.85. The van der Waals surface area contributed by atoms with Crippen molar-refractivity contribution in [1.82, 2.24) is 5.32 Å². The molecule has 1 fully saturated rings. The molecule has 0 amide bonds. The minimum absolute atomic E-state index is 0.129. The molecule has 1 saturated carbocycles.